The van der Waals surface area contributed by atoms with Crippen molar-refractivity contribution in [2.45, 2.75) is 25.4 Å². The van der Waals surface area contributed by atoms with Crippen molar-refractivity contribution in [1.29, 1.82) is 0 Å². The Kier molecular flexibility index (Phi) is 4.19. The van der Waals surface area contributed by atoms with Crippen molar-refractivity contribution in [3.63, 3.8) is 0 Å². The monoisotopic (exact) mass is 393 g/mol. The van der Waals surface area contributed by atoms with E-state index in [0.717, 1.165) is 32.9 Å². The van der Waals surface area contributed by atoms with Crippen LogP contribution in [0.3, 0.4) is 0 Å². The number of benzene rings is 2. The number of thiazole rings is 1. The minimum Gasteiger partial charge on any atom is -0.299 e. The van der Waals surface area contributed by atoms with Gasteiger partial charge in [0.2, 0.25) is 0 Å². The van der Waals surface area contributed by atoms with Gasteiger partial charge in [-0.1, -0.05) is 35.6 Å². The fourth-order valence-corrected chi connectivity index (χ4v) is 5.24. The van der Waals surface area contributed by atoms with E-state index in [1.165, 1.54) is 29.7 Å². The third kappa shape index (κ3) is 3.36. The van der Waals surface area contributed by atoms with Crippen LogP contribution in [0.5, 0.6) is 0 Å². The number of carbonyl (C=O) groups is 1. The zero-order valence-electron chi connectivity index (χ0n) is 14.9. The lowest BCUT2D eigenvalue weighted by atomic mass is 10.2. The van der Waals surface area contributed by atoms with Crippen molar-refractivity contribution in [2.75, 3.05) is 12.4 Å². The summed E-state index contributed by atoms with van der Waals surface area (Å²) in [6, 6.07) is 15.1. The number of hydrogen-bond acceptors (Lipinski definition) is 5. The molecule has 0 radical (unpaired) electrons. The number of carbonyl (C=O) groups excluding carboxylic acids is 1. The quantitative estimate of drug-likeness (QED) is 0.497. The standard InChI is InChI=1S/C21H19N3OS2/c1-24(14-7-8-14)11-13-6-9-17-19(10-13)27-21(22-17)23-20(25)16-12-26-18-5-3-2-4-15(16)18/h2-6,9-10,12,14H,7-8,11H2,1H3,(H,22,23,25). The average Bonchev–Trinajstić information content (AvgIpc) is 3.31. The molecule has 4 nitrogen and oxygen atoms in total. The Balaban J connectivity index is 1.37. The molecule has 1 aliphatic rings. The molecule has 4 aromatic rings. The lowest BCUT2D eigenvalue weighted by Crippen LogP contribution is -2.19. The number of hydrogen-bond donors (Lipinski definition) is 1. The molecule has 2 aromatic carbocycles. The molecule has 1 N–H and O–H groups in total. The van der Waals surface area contributed by atoms with Crippen LogP contribution in [-0.4, -0.2) is 28.9 Å². The summed E-state index contributed by atoms with van der Waals surface area (Å²) in [5.74, 6) is -0.0970. The molecule has 0 bridgehead atoms. The molecule has 1 amide bonds. The number of aromatic nitrogens is 1. The first-order chi connectivity index (χ1) is 13.2. The van der Waals surface area contributed by atoms with Crippen molar-refractivity contribution in [3.05, 3.63) is 59.0 Å². The van der Waals surface area contributed by atoms with E-state index in [4.69, 9.17) is 0 Å². The van der Waals surface area contributed by atoms with Crippen molar-refractivity contribution in [1.82, 2.24) is 9.88 Å². The van der Waals surface area contributed by atoms with Crippen LogP contribution in [0.25, 0.3) is 20.3 Å². The molecule has 2 aromatic heterocycles. The summed E-state index contributed by atoms with van der Waals surface area (Å²) >= 11 is 3.13. The second-order valence-electron chi connectivity index (χ2n) is 7.07. The molecule has 1 aliphatic carbocycles. The summed E-state index contributed by atoms with van der Waals surface area (Å²) in [4.78, 5) is 19.7. The fourth-order valence-electron chi connectivity index (χ4n) is 3.37. The second-order valence-corrected chi connectivity index (χ2v) is 9.01. The highest BCUT2D eigenvalue weighted by Crippen LogP contribution is 2.31. The molecule has 27 heavy (non-hydrogen) atoms. The van der Waals surface area contributed by atoms with E-state index < -0.39 is 0 Å². The SMILES string of the molecule is CN(Cc1ccc2nc(NC(=O)c3csc4ccccc34)sc2c1)C1CC1. The van der Waals surface area contributed by atoms with Crippen LogP contribution in [0.15, 0.2) is 47.8 Å². The minimum atomic E-state index is -0.0970. The van der Waals surface area contributed by atoms with E-state index in [2.05, 4.69) is 40.4 Å². The molecule has 0 aliphatic heterocycles. The summed E-state index contributed by atoms with van der Waals surface area (Å²) in [7, 11) is 2.19. The van der Waals surface area contributed by atoms with Crippen molar-refractivity contribution in [3.8, 4) is 0 Å². The van der Waals surface area contributed by atoms with E-state index in [-0.39, 0.29) is 5.91 Å². The Morgan fingerprint density at radius 1 is 1.22 bits per heavy atom. The fraction of sp³-hybridized carbons (Fsp3) is 0.238. The third-order valence-electron chi connectivity index (χ3n) is 5.00. The van der Waals surface area contributed by atoms with Crippen LogP contribution < -0.4 is 5.32 Å². The van der Waals surface area contributed by atoms with Crippen molar-refractivity contribution >= 4 is 54.0 Å². The molecule has 0 atom stereocenters. The number of amides is 1. The minimum absolute atomic E-state index is 0.0970. The number of thiophene rings is 1. The maximum absolute atomic E-state index is 12.7. The third-order valence-corrected chi connectivity index (χ3v) is 6.90. The predicted molar refractivity (Wildman–Crippen MR) is 114 cm³/mol. The predicted octanol–water partition coefficient (Wildman–Crippen LogP) is 5.36. The normalized spacial score (nSPS) is 14.3. The number of nitrogens with one attached hydrogen (secondary N) is 1. The molecule has 0 saturated heterocycles. The Bertz CT molecular complexity index is 1140. The van der Waals surface area contributed by atoms with Gasteiger partial charge >= 0.3 is 0 Å². The Labute approximate surface area is 165 Å². The highest BCUT2D eigenvalue weighted by Gasteiger charge is 2.25. The summed E-state index contributed by atoms with van der Waals surface area (Å²) < 4.78 is 2.23. The van der Waals surface area contributed by atoms with E-state index in [9.17, 15) is 4.79 Å². The maximum Gasteiger partial charge on any atom is 0.258 e. The zero-order chi connectivity index (χ0) is 18.4. The van der Waals surface area contributed by atoms with Gasteiger partial charge in [0.25, 0.3) is 5.91 Å². The number of anilines is 1. The zero-order valence-corrected chi connectivity index (χ0v) is 16.6. The first kappa shape index (κ1) is 16.9. The summed E-state index contributed by atoms with van der Waals surface area (Å²) in [5.41, 5.74) is 2.94. The number of fused-ring (bicyclic) bond motifs is 2. The van der Waals surface area contributed by atoms with Crippen molar-refractivity contribution in [2.24, 2.45) is 0 Å². The number of rotatable bonds is 5. The number of nitrogens with zero attached hydrogens (tertiary/aromatic N) is 2. The molecule has 5 rings (SSSR count). The van der Waals surface area contributed by atoms with Gasteiger partial charge in [0.15, 0.2) is 5.13 Å². The van der Waals surface area contributed by atoms with E-state index in [1.807, 2.05) is 29.6 Å². The molecular weight excluding hydrogens is 374 g/mol. The second kappa shape index (κ2) is 6.71. The Morgan fingerprint density at radius 3 is 2.93 bits per heavy atom. The molecule has 6 heteroatoms. The van der Waals surface area contributed by atoms with Gasteiger partial charge in [-0.3, -0.25) is 15.0 Å². The molecule has 136 valence electrons. The molecular formula is C21H19N3OS2. The van der Waals surface area contributed by atoms with Gasteiger partial charge in [-0.2, -0.15) is 0 Å². The van der Waals surface area contributed by atoms with Crippen LogP contribution in [0.4, 0.5) is 5.13 Å². The maximum atomic E-state index is 12.7. The van der Waals surface area contributed by atoms with Gasteiger partial charge in [-0.25, -0.2) is 4.98 Å². The molecule has 0 unspecified atom stereocenters. The lowest BCUT2D eigenvalue weighted by molar-refractivity contribution is 0.102. The van der Waals surface area contributed by atoms with E-state index in [0.29, 0.717) is 10.7 Å². The molecule has 0 spiro atoms. The first-order valence-electron chi connectivity index (χ1n) is 9.05. The van der Waals surface area contributed by atoms with Gasteiger partial charge in [-0.05, 0) is 43.7 Å². The van der Waals surface area contributed by atoms with Gasteiger partial charge < -0.3 is 0 Å². The van der Waals surface area contributed by atoms with Gasteiger partial charge in [0.05, 0.1) is 15.8 Å². The molecule has 1 fully saturated rings. The van der Waals surface area contributed by atoms with Crippen LogP contribution in [0.2, 0.25) is 0 Å². The topological polar surface area (TPSA) is 45.2 Å². The Morgan fingerprint density at radius 2 is 2.07 bits per heavy atom. The smallest absolute Gasteiger partial charge is 0.258 e. The largest absolute Gasteiger partial charge is 0.299 e. The molecule has 1 saturated carbocycles. The van der Waals surface area contributed by atoms with Gasteiger partial charge in [0.1, 0.15) is 0 Å². The lowest BCUT2D eigenvalue weighted by Gasteiger charge is -2.15. The van der Waals surface area contributed by atoms with Crippen LogP contribution in [0.1, 0.15) is 28.8 Å². The van der Waals surface area contributed by atoms with Gasteiger partial charge in [-0.15, -0.1) is 11.3 Å². The summed E-state index contributed by atoms with van der Waals surface area (Å²) in [6.45, 7) is 0.959. The Hall–Kier alpha value is -2.28. The summed E-state index contributed by atoms with van der Waals surface area (Å²) in [5, 5.41) is 6.54. The average molecular weight is 394 g/mol. The van der Waals surface area contributed by atoms with Crippen LogP contribution in [-0.2, 0) is 6.54 Å². The van der Waals surface area contributed by atoms with Crippen LogP contribution in [0, 0.1) is 0 Å². The highest BCUT2D eigenvalue weighted by atomic mass is 32.1. The molecule has 2 heterocycles. The van der Waals surface area contributed by atoms with Gasteiger partial charge in [0, 0.05) is 28.1 Å². The van der Waals surface area contributed by atoms with Crippen molar-refractivity contribution < 1.29 is 4.79 Å². The van der Waals surface area contributed by atoms with Crippen LogP contribution >= 0.6 is 22.7 Å². The highest BCUT2D eigenvalue weighted by molar-refractivity contribution is 7.22. The first-order valence-corrected chi connectivity index (χ1v) is 10.7. The van der Waals surface area contributed by atoms with E-state index in [1.54, 1.807) is 11.3 Å². The summed E-state index contributed by atoms with van der Waals surface area (Å²) in [6.07, 6.45) is 2.62. The van der Waals surface area contributed by atoms with E-state index >= 15 is 0 Å².